The lowest BCUT2D eigenvalue weighted by Gasteiger charge is -2.09. The molecule has 5 nitrogen and oxygen atoms in total. The molecular formula is C11H12N2O3S. The van der Waals surface area contributed by atoms with Gasteiger partial charge in [0.2, 0.25) is 10.0 Å². The molecule has 0 radical (unpaired) electrons. The van der Waals surface area contributed by atoms with Gasteiger partial charge in [0.25, 0.3) is 0 Å². The van der Waals surface area contributed by atoms with E-state index in [1.807, 2.05) is 0 Å². The van der Waals surface area contributed by atoms with Crippen molar-refractivity contribution >= 4 is 15.7 Å². The summed E-state index contributed by atoms with van der Waals surface area (Å²) in [4.78, 5) is 0.0866. The normalized spacial score (nSPS) is 11.4. The molecule has 1 aromatic carbocycles. The van der Waals surface area contributed by atoms with Crippen LogP contribution in [0.4, 0.5) is 5.69 Å². The molecule has 6 heteroatoms. The quantitative estimate of drug-likeness (QED) is 0.864. The van der Waals surface area contributed by atoms with E-state index in [0.29, 0.717) is 12.2 Å². The van der Waals surface area contributed by atoms with Gasteiger partial charge in [0.1, 0.15) is 4.90 Å². The number of benzene rings is 1. The third kappa shape index (κ3) is 2.86. The zero-order valence-electron chi connectivity index (χ0n) is 8.96. The fourth-order valence-corrected chi connectivity index (χ4v) is 2.17. The van der Waals surface area contributed by atoms with Crippen LogP contribution in [0.25, 0.3) is 0 Å². The maximum atomic E-state index is 11.3. The van der Waals surface area contributed by atoms with E-state index in [9.17, 15) is 8.42 Å². The molecule has 90 valence electrons. The van der Waals surface area contributed by atoms with Crippen molar-refractivity contribution in [2.24, 2.45) is 5.14 Å². The molecule has 3 N–H and O–H groups in total. The van der Waals surface area contributed by atoms with Crippen LogP contribution in [0.3, 0.4) is 0 Å². The number of hydrogen-bond acceptors (Lipinski definition) is 4. The van der Waals surface area contributed by atoms with Crippen LogP contribution >= 0.6 is 0 Å². The van der Waals surface area contributed by atoms with Gasteiger partial charge < -0.3 is 9.73 Å². The number of nitrogens with two attached hydrogens (primary N) is 1. The fraction of sp³-hybridized carbons (Fsp3) is 0.0909. The molecule has 0 aliphatic heterocycles. The Morgan fingerprint density at radius 2 is 2.00 bits per heavy atom. The van der Waals surface area contributed by atoms with Crippen molar-refractivity contribution < 1.29 is 12.8 Å². The summed E-state index contributed by atoms with van der Waals surface area (Å²) in [6.07, 6.45) is 3.15. The van der Waals surface area contributed by atoms with Crippen LogP contribution in [0.2, 0.25) is 0 Å². The summed E-state index contributed by atoms with van der Waals surface area (Å²) in [5, 5.41) is 8.12. The van der Waals surface area contributed by atoms with Crippen LogP contribution in [-0.4, -0.2) is 8.42 Å². The molecule has 2 aromatic rings. The van der Waals surface area contributed by atoms with Crippen LogP contribution in [0.5, 0.6) is 0 Å². The highest BCUT2D eigenvalue weighted by atomic mass is 32.2. The number of sulfonamides is 1. The van der Waals surface area contributed by atoms with Crippen molar-refractivity contribution in [3.8, 4) is 0 Å². The van der Waals surface area contributed by atoms with Crippen molar-refractivity contribution in [1.82, 2.24) is 0 Å². The van der Waals surface area contributed by atoms with E-state index in [2.05, 4.69) is 5.32 Å². The van der Waals surface area contributed by atoms with Crippen LogP contribution < -0.4 is 10.5 Å². The van der Waals surface area contributed by atoms with Gasteiger partial charge in [0.05, 0.1) is 18.2 Å². The summed E-state index contributed by atoms with van der Waals surface area (Å²) in [5.74, 6) is 0. The number of hydrogen-bond donors (Lipinski definition) is 2. The lowest BCUT2D eigenvalue weighted by atomic mass is 10.3. The van der Waals surface area contributed by atoms with Crippen LogP contribution in [0.15, 0.2) is 52.2 Å². The molecule has 0 fully saturated rings. The average molecular weight is 252 g/mol. The first-order valence-electron chi connectivity index (χ1n) is 4.94. The molecule has 0 unspecified atom stereocenters. The third-order valence-corrected chi connectivity index (χ3v) is 3.23. The fourth-order valence-electron chi connectivity index (χ4n) is 1.45. The van der Waals surface area contributed by atoms with Crippen molar-refractivity contribution in [3.05, 3.63) is 48.4 Å². The number of nitrogens with one attached hydrogen (secondary N) is 1. The molecule has 0 atom stereocenters. The van der Waals surface area contributed by atoms with Crippen molar-refractivity contribution in [3.63, 3.8) is 0 Å². The number of furan rings is 1. The monoisotopic (exact) mass is 252 g/mol. The zero-order chi connectivity index (χ0) is 12.3. The Hall–Kier alpha value is -1.79. The van der Waals surface area contributed by atoms with Gasteiger partial charge in [-0.2, -0.15) is 0 Å². The van der Waals surface area contributed by atoms with Crippen molar-refractivity contribution in [2.45, 2.75) is 11.4 Å². The number of anilines is 1. The first-order valence-corrected chi connectivity index (χ1v) is 6.49. The molecule has 0 spiro atoms. The molecule has 1 aromatic heterocycles. The topological polar surface area (TPSA) is 85.3 Å². The standard InChI is InChI=1S/C11H12N2O3S/c12-17(14,15)11-4-2-1-3-10(11)13-7-9-5-6-16-8-9/h1-6,8,13H,7H2,(H2,12,14,15). The molecule has 1 heterocycles. The number of primary sulfonamides is 1. The highest BCUT2D eigenvalue weighted by Crippen LogP contribution is 2.19. The zero-order valence-corrected chi connectivity index (χ0v) is 9.78. The summed E-state index contributed by atoms with van der Waals surface area (Å²) in [6.45, 7) is 0.475. The smallest absolute Gasteiger partial charge is 0.240 e. The highest BCUT2D eigenvalue weighted by Gasteiger charge is 2.12. The third-order valence-electron chi connectivity index (χ3n) is 2.26. The molecular weight excluding hydrogens is 240 g/mol. The molecule has 17 heavy (non-hydrogen) atoms. The second kappa shape index (κ2) is 4.60. The minimum Gasteiger partial charge on any atom is -0.472 e. The van der Waals surface area contributed by atoms with Crippen molar-refractivity contribution in [2.75, 3.05) is 5.32 Å². The Balaban J connectivity index is 2.22. The SMILES string of the molecule is NS(=O)(=O)c1ccccc1NCc1ccoc1. The lowest BCUT2D eigenvalue weighted by Crippen LogP contribution is -2.14. The predicted molar refractivity (Wildman–Crippen MR) is 63.8 cm³/mol. The molecule has 0 saturated carbocycles. The molecule has 0 amide bonds. The van der Waals surface area contributed by atoms with Crippen molar-refractivity contribution in [1.29, 1.82) is 0 Å². The van der Waals surface area contributed by atoms with E-state index >= 15 is 0 Å². The minimum atomic E-state index is -3.71. The van der Waals surface area contributed by atoms with E-state index in [0.717, 1.165) is 5.56 Å². The van der Waals surface area contributed by atoms with Gasteiger partial charge in [0.15, 0.2) is 0 Å². The maximum Gasteiger partial charge on any atom is 0.240 e. The van der Waals surface area contributed by atoms with Gasteiger partial charge in [-0.25, -0.2) is 13.6 Å². The minimum absolute atomic E-state index is 0.0866. The van der Waals surface area contributed by atoms with Gasteiger partial charge in [-0.05, 0) is 18.2 Å². The second-order valence-corrected chi connectivity index (χ2v) is 5.06. The van der Waals surface area contributed by atoms with E-state index < -0.39 is 10.0 Å². The lowest BCUT2D eigenvalue weighted by molar-refractivity contribution is 0.564. The van der Waals surface area contributed by atoms with E-state index in [1.165, 1.54) is 6.07 Å². The molecule has 0 aliphatic carbocycles. The van der Waals surface area contributed by atoms with Crippen LogP contribution in [-0.2, 0) is 16.6 Å². The Labute approximate surface area is 99.3 Å². The maximum absolute atomic E-state index is 11.3. The van der Waals surface area contributed by atoms with Gasteiger partial charge in [-0.3, -0.25) is 0 Å². The van der Waals surface area contributed by atoms with E-state index in [1.54, 1.807) is 36.8 Å². The molecule has 2 rings (SSSR count). The Morgan fingerprint density at radius 1 is 1.24 bits per heavy atom. The predicted octanol–water partition coefficient (Wildman–Crippen LogP) is 1.54. The number of para-hydroxylation sites is 1. The number of rotatable bonds is 4. The second-order valence-electron chi connectivity index (χ2n) is 3.53. The van der Waals surface area contributed by atoms with Crippen LogP contribution in [0, 0.1) is 0 Å². The first-order chi connectivity index (χ1) is 8.07. The summed E-state index contributed by atoms with van der Waals surface area (Å²) >= 11 is 0. The van der Waals surface area contributed by atoms with E-state index in [4.69, 9.17) is 9.56 Å². The highest BCUT2D eigenvalue weighted by molar-refractivity contribution is 7.89. The summed E-state index contributed by atoms with van der Waals surface area (Å²) in [5.41, 5.74) is 1.41. The van der Waals surface area contributed by atoms with Gasteiger partial charge in [-0.1, -0.05) is 12.1 Å². The summed E-state index contributed by atoms with van der Waals surface area (Å²) in [7, 11) is -3.71. The summed E-state index contributed by atoms with van der Waals surface area (Å²) < 4.78 is 27.6. The average Bonchev–Trinajstić information content (AvgIpc) is 2.78. The molecule has 0 bridgehead atoms. The molecule has 0 aliphatic rings. The molecule has 0 saturated heterocycles. The van der Waals surface area contributed by atoms with Gasteiger partial charge >= 0.3 is 0 Å². The van der Waals surface area contributed by atoms with Crippen LogP contribution in [0.1, 0.15) is 5.56 Å². The van der Waals surface area contributed by atoms with Gasteiger partial charge in [0, 0.05) is 12.1 Å². The first kappa shape index (κ1) is 11.7. The Morgan fingerprint density at radius 3 is 2.65 bits per heavy atom. The Bertz CT molecular complexity index is 591. The Kier molecular flexibility index (Phi) is 3.16. The largest absolute Gasteiger partial charge is 0.472 e. The summed E-state index contributed by atoms with van der Waals surface area (Å²) in [6, 6.07) is 8.30. The van der Waals surface area contributed by atoms with Gasteiger partial charge in [-0.15, -0.1) is 0 Å². The van der Waals surface area contributed by atoms with E-state index in [-0.39, 0.29) is 4.90 Å².